The molecule has 0 radical (unpaired) electrons. The first kappa shape index (κ1) is 14.0. The largest absolute Gasteiger partial charge is 0.271 e. The van der Waals surface area contributed by atoms with Gasteiger partial charge in [-0.2, -0.15) is 5.10 Å². The summed E-state index contributed by atoms with van der Waals surface area (Å²) in [6.45, 7) is 1.88. The van der Waals surface area contributed by atoms with Crippen LogP contribution in [0, 0.1) is 0 Å². The fourth-order valence-corrected chi connectivity index (χ4v) is 2.27. The molecular formula is C19H16N2O. The Morgan fingerprint density at radius 2 is 1.50 bits per heavy atom. The van der Waals surface area contributed by atoms with Crippen molar-refractivity contribution in [3.8, 4) is 0 Å². The maximum atomic E-state index is 12.0. The van der Waals surface area contributed by atoms with Crippen molar-refractivity contribution in [3.05, 3.63) is 83.9 Å². The molecule has 0 saturated heterocycles. The molecule has 0 unspecified atom stereocenters. The van der Waals surface area contributed by atoms with Gasteiger partial charge < -0.3 is 0 Å². The first-order valence-corrected chi connectivity index (χ1v) is 7.13. The molecule has 22 heavy (non-hydrogen) atoms. The molecule has 0 spiro atoms. The average Bonchev–Trinajstić information content (AvgIpc) is 2.59. The van der Waals surface area contributed by atoms with E-state index < -0.39 is 0 Å². The van der Waals surface area contributed by atoms with Gasteiger partial charge in [-0.05, 0) is 41.5 Å². The molecule has 1 amide bonds. The van der Waals surface area contributed by atoms with Gasteiger partial charge in [-0.15, -0.1) is 0 Å². The Morgan fingerprint density at radius 3 is 2.27 bits per heavy atom. The van der Waals surface area contributed by atoms with E-state index in [1.165, 1.54) is 5.39 Å². The van der Waals surface area contributed by atoms with Crippen LogP contribution in [0.4, 0.5) is 0 Å². The van der Waals surface area contributed by atoms with Crippen molar-refractivity contribution < 1.29 is 4.79 Å². The molecule has 0 aromatic heterocycles. The molecule has 0 aliphatic heterocycles. The number of hydrazone groups is 1. The number of carbonyl (C=O) groups is 1. The van der Waals surface area contributed by atoms with Gasteiger partial charge in [-0.1, -0.05) is 54.6 Å². The van der Waals surface area contributed by atoms with Crippen LogP contribution in [0.1, 0.15) is 22.8 Å². The minimum absolute atomic E-state index is 0.208. The van der Waals surface area contributed by atoms with Gasteiger partial charge in [0.2, 0.25) is 0 Å². The van der Waals surface area contributed by atoms with Crippen LogP contribution in [0.2, 0.25) is 0 Å². The highest BCUT2D eigenvalue weighted by Gasteiger charge is 2.04. The third kappa shape index (κ3) is 3.04. The average molecular weight is 288 g/mol. The summed E-state index contributed by atoms with van der Waals surface area (Å²) in [5.41, 5.74) is 4.96. The standard InChI is InChI=1S/C19H16N2O/c1-14(20-21-19(22)16-8-3-2-4-9-16)17-12-11-15-7-5-6-10-18(15)13-17/h2-13H,1H3,(H,21,22)/b20-14+. The van der Waals surface area contributed by atoms with E-state index in [9.17, 15) is 4.79 Å². The van der Waals surface area contributed by atoms with Gasteiger partial charge >= 0.3 is 0 Å². The van der Waals surface area contributed by atoms with Gasteiger partial charge in [0.1, 0.15) is 0 Å². The second kappa shape index (κ2) is 6.22. The van der Waals surface area contributed by atoms with Crippen molar-refractivity contribution in [1.29, 1.82) is 0 Å². The third-order valence-corrected chi connectivity index (χ3v) is 3.53. The van der Waals surface area contributed by atoms with E-state index in [0.29, 0.717) is 5.56 Å². The quantitative estimate of drug-likeness (QED) is 0.574. The molecular weight excluding hydrogens is 272 g/mol. The van der Waals surface area contributed by atoms with Crippen molar-refractivity contribution in [3.63, 3.8) is 0 Å². The zero-order chi connectivity index (χ0) is 15.4. The smallest absolute Gasteiger partial charge is 0.267 e. The number of rotatable bonds is 3. The van der Waals surface area contributed by atoms with Crippen molar-refractivity contribution >= 4 is 22.4 Å². The summed E-state index contributed by atoms with van der Waals surface area (Å²) in [6, 6.07) is 23.4. The van der Waals surface area contributed by atoms with Crippen LogP contribution in [0.5, 0.6) is 0 Å². The summed E-state index contributed by atoms with van der Waals surface area (Å²) >= 11 is 0. The summed E-state index contributed by atoms with van der Waals surface area (Å²) in [7, 11) is 0. The molecule has 0 fully saturated rings. The summed E-state index contributed by atoms with van der Waals surface area (Å²) in [5.74, 6) is -0.208. The molecule has 3 aromatic carbocycles. The first-order valence-electron chi connectivity index (χ1n) is 7.13. The topological polar surface area (TPSA) is 41.5 Å². The Labute approximate surface area is 129 Å². The fraction of sp³-hybridized carbons (Fsp3) is 0.0526. The van der Waals surface area contributed by atoms with Crippen molar-refractivity contribution in [1.82, 2.24) is 5.43 Å². The first-order chi connectivity index (χ1) is 10.7. The number of hydrogen-bond acceptors (Lipinski definition) is 2. The highest BCUT2D eigenvalue weighted by Crippen LogP contribution is 2.16. The number of amides is 1. The Hall–Kier alpha value is -2.94. The Balaban J connectivity index is 1.80. The Kier molecular flexibility index (Phi) is 3.97. The maximum absolute atomic E-state index is 12.0. The molecule has 0 aliphatic rings. The van der Waals surface area contributed by atoms with Crippen LogP contribution < -0.4 is 5.43 Å². The molecule has 1 N–H and O–H groups in total. The number of carbonyl (C=O) groups excluding carboxylic acids is 1. The lowest BCUT2D eigenvalue weighted by Crippen LogP contribution is -2.19. The van der Waals surface area contributed by atoms with E-state index in [0.717, 1.165) is 16.7 Å². The Morgan fingerprint density at radius 1 is 0.818 bits per heavy atom. The van der Waals surface area contributed by atoms with Gasteiger partial charge in [0.15, 0.2) is 0 Å². The molecule has 3 rings (SSSR count). The third-order valence-electron chi connectivity index (χ3n) is 3.53. The van der Waals surface area contributed by atoms with Crippen LogP contribution in [-0.4, -0.2) is 11.6 Å². The van der Waals surface area contributed by atoms with E-state index in [2.05, 4.69) is 34.8 Å². The second-order valence-corrected chi connectivity index (χ2v) is 5.07. The van der Waals surface area contributed by atoms with Crippen LogP contribution >= 0.6 is 0 Å². The fourth-order valence-electron chi connectivity index (χ4n) is 2.27. The second-order valence-electron chi connectivity index (χ2n) is 5.07. The van der Waals surface area contributed by atoms with Gasteiger partial charge in [0.05, 0.1) is 5.71 Å². The monoisotopic (exact) mass is 288 g/mol. The van der Waals surface area contributed by atoms with E-state index in [1.54, 1.807) is 12.1 Å². The summed E-state index contributed by atoms with van der Waals surface area (Å²) in [4.78, 5) is 12.0. The molecule has 0 saturated carbocycles. The molecule has 0 aliphatic carbocycles. The molecule has 3 nitrogen and oxygen atoms in total. The van der Waals surface area contributed by atoms with E-state index >= 15 is 0 Å². The minimum Gasteiger partial charge on any atom is -0.267 e. The molecule has 3 heteroatoms. The van der Waals surface area contributed by atoms with Gasteiger partial charge in [0.25, 0.3) is 5.91 Å². The number of hydrogen-bond donors (Lipinski definition) is 1. The lowest BCUT2D eigenvalue weighted by Gasteiger charge is -2.05. The molecule has 3 aromatic rings. The highest BCUT2D eigenvalue weighted by molar-refractivity contribution is 6.03. The maximum Gasteiger partial charge on any atom is 0.271 e. The predicted octanol–water partition coefficient (Wildman–Crippen LogP) is 3.99. The highest BCUT2D eigenvalue weighted by atomic mass is 16.2. The zero-order valence-electron chi connectivity index (χ0n) is 12.3. The predicted molar refractivity (Wildman–Crippen MR) is 90.1 cm³/mol. The lowest BCUT2D eigenvalue weighted by atomic mass is 10.0. The molecule has 0 bridgehead atoms. The SMILES string of the molecule is C/C(=N\NC(=O)c1ccccc1)c1ccc2ccccc2c1. The minimum atomic E-state index is -0.208. The lowest BCUT2D eigenvalue weighted by molar-refractivity contribution is 0.0955. The summed E-state index contributed by atoms with van der Waals surface area (Å²) in [6.07, 6.45) is 0. The van der Waals surface area contributed by atoms with E-state index in [1.807, 2.05) is 43.3 Å². The number of nitrogens with zero attached hydrogens (tertiary/aromatic N) is 1. The van der Waals surface area contributed by atoms with Gasteiger partial charge in [-0.25, -0.2) is 5.43 Å². The van der Waals surface area contributed by atoms with Crippen LogP contribution in [0.3, 0.4) is 0 Å². The van der Waals surface area contributed by atoms with Gasteiger partial charge in [-0.3, -0.25) is 4.79 Å². The molecule has 108 valence electrons. The summed E-state index contributed by atoms with van der Waals surface area (Å²) in [5, 5.41) is 6.54. The van der Waals surface area contributed by atoms with Crippen LogP contribution in [0.15, 0.2) is 77.9 Å². The van der Waals surface area contributed by atoms with Gasteiger partial charge in [0, 0.05) is 5.56 Å². The van der Waals surface area contributed by atoms with E-state index in [4.69, 9.17) is 0 Å². The van der Waals surface area contributed by atoms with Crippen LogP contribution in [0.25, 0.3) is 10.8 Å². The number of nitrogens with one attached hydrogen (secondary N) is 1. The van der Waals surface area contributed by atoms with Crippen molar-refractivity contribution in [2.45, 2.75) is 6.92 Å². The number of benzene rings is 3. The van der Waals surface area contributed by atoms with E-state index in [-0.39, 0.29) is 5.91 Å². The van der Waals surface area contributed by atoms with Crippen molar-refractivity contribution in [2.75, 3.05) is 0 Å². The number of fused-ring (bicyclic) bond motifs is 1. The normalized spacial score (nSPS) is 11.4. The molecule has 0 atom stereocenters. The molecule has 0 heterocycles. The van der Waals surface area contributed by atoms with Crippen molar-refractivity contribution in [2.24, 2.45) is 5.10 Å². The Bertz CT molecular complexity index is 838. The summed E-state index contributed by atoms with van der Waals surface area (Å²) < 4.78 is 0. The van der Waals surface area contributed by atoms with Crippen LogP contribution in [-0.2, 0) is 0 Å². The zero-order valence-corrected chi connectivity index (χ0v) is 12.3.